The number of hydrogen-bond acceptors (Lipinski definition) is 4. The van der Waals surface area contributed by atoms with Crippen LogP contribution in [0.4, 0.5) is 0 Å². The fourth-order valence-electron chi connectivity index (χ4n) is 4.06. The Labute approximate surface area is 171 Å². The molecule has 0 aliphatic carbocycles. The Hall–Kier alpha value is -2.05. The molecule has 1 aromatic rings. The molecule has 1 aromatic heterocycles. The minimum absolute atomic E-state index is 0.118. The Balaban J connectivity index is 1.70. The summed E-state index contributed by atoms with van der Waals surface area (Å²) in [4.78, 5) is 30.2. The highest BCUT2D eigenvalue weighted by molar-refractivity contribution is 7.11. The van der Waals surface area contributed by atoms with Gasteiger partial charge in [-0.2, -0.15) is 0 Å². The van der Waals surface area contributed by atoms with E-state index < -0.39 is 0 Å². The van der Waals surface area contributed by atoms with Crippen molar-refractivity contribution in [3.05, 3.63) is 39.1 Å². The number of allylic oxidation sites excluding steroid dienone is 3. The van der Waals surface area contributed by atoms with Gasteiger partial charge >= 0.3 is 0 Å². The molecule has 2 aliphatic rings. The third-order valence-corrected chi connectivity index (χ3v) is 6.80. The Kier molecular flexibility index (Phi) is 6.62. The fourth-order valence-corrected chi connectivity index (χ4v) is 5.28. The maximum atomic E-state index is 12.8. The number of thiophene rings is 1. The zero-order valence-corrected chi connectivity index (χ0v) is 17.9. The van der Waals surface area contributed by atoms with Crippen molar-refractivity contribution < 1.29 is 9.59 Å². The van der Waals surface area contributed by atoms with E-state index in [-0.39, 0.29) is 24.3 Å². The van der Waals surface area contributed by atoms with Gasteiger partial charge in [-0.25, -0.2) is 4.99 Å². The van der Waals surface area contributed by atoms with Gasteiger partial charge in [-0.15, -0.1) is 11.3 Å². The van der Waals surface area contributed by atoms with E-state index in [1.54, 1.807) is 11.3 Å². The molecule has 2 amide bonds. The molecule has 28 heavy (non-hydrogen) atoms. The van der Waals surface area contributed by atoms with Gasteiger partial charge in [0.15, 0.2) is 0 Å². The van der Waals surface area contributed by atoms with Gasteiger partial charge in [-0.1, -0.05) is 11.6 Å². The number of hydrogen-bond donors (Lipinski definition) is 2. The van der Waals surface area contributed by atoms with Crippen LogP contribution in [0.5, 0.6) is 0 Å². The van der Waals surface area contributed by atoms with Crippen molar-refractivity contribution in [3.8, 4) is 0 Å². The molecular weight excluding hydrogens is 370 g/mol. The highest BCUT2D eigenvalue weighted by Crippen LogP contribution is 2.36. The number of piperidine rings is 1. The minimum atomic E-state index is -0.369. The lowest BCUT2D eigenvalue weighted by molar-refractivity contribution is -0.120. The minimum Gasteiger partial charge on any atom is -0.351 e. The number of carbonyl (C=O) groups excluding carboxylic acids is 2. The third kappa shape index (κ3) is 4.33. The molecule has 3 rings (SSSR count). The van der Waals surface area contributed by atoms with E-state index in [9.17, 15) is 9.59 Å². The molecule has 0 saturated carbocycles. The topological polar surface area (TPSA) is 70.6 Å². The first-order valence-corrected chi connectivity index (χ1v) is 10.8. The first-order valence-electron chi connectivity index (χ1n) is 9.93. The van der Waals surface area contributed by atoms with Crippen molar-refractivity contribution in [1.29, 1.82) is 0 Å². The summed E-state index contributed by atoms with van der Waals surface area (Å²) in [7, 11) is 0. The molecule has 1 fully saturated rings. The smallest absolute Gasteiger partial charge is 0.254 e. The highest BCUT2D eigenvalue weighted by atomic mass is 32.1. The van der Waals surface area contributed by atoms with Gasteiger partial charge in [-0.05, 0) is 76.8 Å². The predicted molar refractivity (Wildman–Crippen MR) is 116 cm³/mol. The van der Waals surface area contributed by atoms with Crippen LogP contribution in [-0.2, 0) is 4.79 Å². The molecule has 0 spiro atoms. The monoisotopic (exact) mass is 399 g/mol. The quantitative estimate of drug-likeness (QED) is 0.792. The van der Waals surface area contributed by atoms with E-state index in [1.165, 1.54) is 10.5 Å². The van der Waals surface area contributed by atoms with Crippen LogP contribution in [-0.4, -0.2) is 37.2 Å². The Morgan fingerprint density at radius 2 is 2.04 bits per heavy atom. The van der Waals surface area contributed by atoms with Crippen LogP contribution < -0.4 is 10.6 Å². The lowest BCUT2D eigenvalue weighted by Crippen LogP contribution is -2.34. The van der Waals surface area contributed by atoms with Gasteiger partial charge in [0, 0.05) is 22.5 Å². The molecule has 150 valence electrons. The zero-order valence-electron chi connectivity index (χ0n) is 17.1. The molecule has 2 aliphatic heterocycles. The van der Waals surface area contributed by atoms with E-state index in [0.29, 0.717) is 11.5 Å². The molecular formula is C22H29N3O2S. The average Bonchev–Trinajstić information content (AvgIpc) is 3.04. The van der Waals surface area contributed by atoms with Crippen molar-refractivity contribution in [2.75, 3.05) is 19.6 Å². The summed E-state index contributed by atoms with van der Waals surface area (Å²) in [6.07, 6.45) is 6.37. The van der Waals surface area contributed by atoms with Crippen LogP contribution in [0.2, 0.25) is 0 Å². The van der Waals surface area contributed by atoms with Gasteiger partial charge in [0.05, 0.1) is 11.5 Å². The average molecular weight is 400 g/mol. The second-order valence-corrected chi connectivity index (χ2v) is 8.49. The predicted octanol–water partition coefficient (Wildman–Crippen LogP) is 3.75. The second-order valence-electron chi connectivity index (χ2n) is 7.61. The molecule has 1 unspecified atom stereocenters. The molecule has 1 atom stereocenters. The van der Waals surface area contributed by atoms with Crippen LogP contribution >= 0.6 is 11.3 Å². The van der Waals surface area contributed by atoms with Crippen LogP contribution in [0.15, 0.2) is 28.1 Å². The second kappa shape index (κ2) is 8.97. The van der Waals surface area contributed by atoms with Gasteiger partial charge < -0.3 is 10.6 Å². The van der Waals surface area contributed by atoms with Crippen molar-refractivity contribution in [3.63, 3.8) is 0 Å². The van der Waals surface area contributed by atoms with Crippen LogP contribution in [0.3, 0.4) is 0 Å². The number of carbonyl (C=O) groups is 2. The van der Waals surface area contributed by atoms with Crippen molar-refractivity contribution >= 4 is 34.4 Å². The molecule has 0 bridgehead atoms. The molecule has 5 nitrogen and oxygen atoms in total. The van der Waals surface area contributed by atoms with Crippen LogP contribution in [0.25, 0.3) is 5.57 Å². The lowest BCUT2D eigenvalue weighted by atomic mass is 9.87. The summed E-state index contributed by atoms with van der Waals surface area (Å²) in [6.45, 7) is 10.2. The maximum absolute atomic E-state index is 12.8. The van der Waals surface area contributed by atoms with Crippen LogP contribution in [0.1, 0.15) is 54.4 Å². The number of amides is 2. The molecule has 1 saturated heterocycles. The number of rotatable bonds is 5. The molecule has 2 N–H and O–H groups in total. The van der Waals surface area contributed by atoms with Gasteiger partial charge in [0.1, 0.15) is 0 Å². The van der Waals surface area contributed by atoms with E-state index in [4.69, 9.17) is 0 Å². The van der Waals surface area contributed by atoms with Gasteiger partial charge in [0.2, 0.25) is 0 Å². The summed E-state index contributed by atoms with van der Waals surface area (Å²) >= 11 is 1.64. The van der Waals surface area contributed by atoms with Crippen molar-refractivity contribution in [2.45, 2.75) is 40.5 Å². The molecule has 0 radical (unpaired) electrons. The normalized spacial score (nSPS) is 21.4. The molecule has 6 heteroatoms. The van der Waals surface area contributed by atoms with E-state index in [2.05, 4.69) is 28.6 Å². The zero-order chi connectivity index (χ0) is 20.3. The van der Waals surface area contributed by atoms with Crippen molar-refractivity contribution in [2.24, 2.45) is 16.8 Å². The number of nitrogens with one attached hydrogen (secondary N) is 2. The maximum Gasteiger partial charge on any atom is 0.254 e. The number of nitrogens with zero attached hydrogens (tertiary/aromatic N) is 1. The van der Waals surface area contributed by atoms with Crippen molar-refractivity contribution in [1.82, 2.24) is 10.6 Å². The molecule has 0 aromatic carbocycles. The van der Waals surface area contributed by atoms with E-state index in [0.717, 1.165) is 42.8 Å². The SMILES string of the molecule is C/C=C(/c1scc(C(=O)NCC2C(=O)N=C(C)C=C2C)c1C)C1CCNCC1. The van der Waals surface area contributed by atoms with E-state index in [1.807, 2.05) is 32.2 Å². The Bertz CT molecular complexity index is 857. The van der Waals surface area contributed by atoms with Crippen LogP contribution in [0, 0.1) is 18.8 Å². The van der Waals surface area contributed by atoms with Gasteiger partial charge in [-0.3, -0.25) is 9.59 Å². The third-order valence-electron chi connectivity index (χ3n) is 5.67. The number of dihydropyridines is 1. The number of aliphatic imine (C=N–C) groups is 1. The fraction of sp³-hybridized carbons (Fsp3) is 0.500. The first-order chi connectivity index (χ1) is 13.4. The largest absolute Gasteiger partial charge is 0.351 e. The highest BCUT2D eigenvalue weighted by Gasteiger charge is 2.26. The summed E-state index contributed by atoms with van der Waals surface area (Å²) < 4.78 is 0. The molecule has 3 heterocycles. The summed E-state index contributed by atoms with van der Waals surface area (Å²) in [5.74, 6) is -0.115. The summed E-state index contributed by atoms with van der Waals surface area (Å²) in [5, 5.41) is 8.30. The Morgan fingerprint density at radius 1 is 1.32 bits per heavy atom. The van der Waals surface area contributed by atoms with Gasteiger partial charge in [0.25, 0.3) is 11.8 Å². The van der Waals surface area contributed by atoms with E-state index >= 15 is 0 Å². The lowest BCUT2D eigenvalue weighted by Gasteiger charge is -2.25. The Morgan fingerprint density at radius 3 is 2.68 bits per heavy atom. The summed E-state index contributed by atoms with van der Waals surface area (Å²) in [5.41, 5.74) is 4.76. The first kappa shape index (κ1) is 20.7. The summed E-state index contributed by atoms with van der Waals surface area (Å²) in [6, 6.07) is 0. The standard InChI is InChI=1S/C22H29N3O2S/c1-5-17(16-6-8-23-9-7-16)20-15(4)19(12-28-20)21(26)24-11-18-13(2)10-14(3)25-22(18)27/h5,10,12,16,18,23H,6-9,11H2,1-4H3,(H,24,26)/b17-5+.